The standard InChI is InChI=1S/C6H3BrFNO2/c7-5-3(8)1-2-4(9-5)6(10)11/h1-2H,(H,10,11). The topological polar surface area (TPSA) is 50.2 Å². The van der Waals surface area contributed by atoms with Crippen LogP contribution in [0, 0.1) is 5.82 Å². The highest BCUT2D eigenvalue weighted by atomic mass is 79.9. The molecule has 0 aromatic carbocycles. The van der Waals surface area contributed by atoms with Crippen LogP contribution in [0.15, 0.2) is 16.7 Å². The van der Waals surface area contributed by atoms with Gasteiger partial charge in [-0.25, -0.2) is 14.2 Å². The molecule has 0 spiro atoms. The van der Waals surface area contributed by atoms with Crippen molar-refractivity contribution in [3.8, 4) is 0 Å². The van der Waals surface area contributed by atoms with Gasteiger partial charge >= 0.3 is 5.97 Å². The van der Waals surface area contributed by atoms with Crippen LogP contribution in [0.3, 0.4) is 0 Å². The summed E-state index contributed by atoms with van der Waals surface area (Å²) in [4.78, 5) is 13.7. The maximum absolute atomic E-state index is 12.5. The summed E-state index contributed by atoms with van der Waals surface area (Å²) in [7, 11) is 0. The molecule has 0 aliphatic heterocycles. The summed E-state index contributed by atoms with van der Waals surface area (Å²) in [5.74, 6) is -1.75. The molecule has 0 aliphatic carbocycles. The van der Waals surface area contributed by atoms with E-state index < -0.39 is 11.8 Å². The Kier molecular flexibility index (Phi) is 2.19. The predicted octanol–water partition coefficient (Wildman–Crippen LogP) is 1.68. The van der Waals surface area contributed by atoms with Gasteiger partial charge in [-0.3, -0.25) is 0 Å². The van der Waals surface area contributed by atoms with Gasteiger partial charge in [-0.05, 0) is 28.1 Å². The Labute approximate surface area is 70.0 Å². The van der Waals surface area contributed by atoms with Gasteiger partial charge in [0, 0.05) is 0 Å². The van der Waals surface area contributed by atoms with Crippen LogP contribution in [-0.4, -0.2) is 16.1 Å². The van der Waals surface area contributed by atoms with Crippen LogP contribution in [0.1, 0.15) is 10.5 Å². The fraction of sp³-hybridized carbons (Fsp3) is 0. The molecule has 11 heavy (non-hydrogen) atoms. The Morgan fingerprint density at radius 2 is 2.27 bits per heavy atom. The maximum Gasteiger partial charge on any atom is 0.354 e. The Bertz CT molecular complexity index is 303. The van der Waals surface area contributed by atoms with E-state index in [-0.39, 0.29) is 10.3 Å². The van der Waals surface area contributed by atoms with Gasteiger partial charge in [0.05, 0.1) is 0 Å². The molecular weight excluding hydrogens is 217 g/mol. The number of carboxylic acid groups (broad SMARTS) is 1. The summed E-state index contributed by atoms with van der Waals surface area (Å²) in [6, 6.07) is 2.14. The zero-order valence-electron chi connectivity index (χ0n) is 5.21. The van der Waals surface area contributed by atoms with E-state index in [0.29, 0.717) is 0 Å². The molecule has 5 heteroatoms. The summed E-state index contributed by atoms with van der Waals surface area (Å²) in [5, 5.41) is 8.39. The van der Waals surface area contributed by atoms with E-state index in [0.717, 1.165) is 12.1 Å². The third kappa shape index (κ3) is 1.74. The molecule has 0 bridgehead atoms. The highest BCUT2D eigenvalue weighted by molar-refractivity contribution is 9.10. The quantitative estimate of drug-likeness (QED) is 0.732. The van der Waals surface area contributed by atoms with Crippen LogP contribution in [0.5, 0.6) is 0 Å². The predicted molar refractivity (Wildman–Crippen MR) is 38.9 cm³/mol. The molecule has 0 fully saturated rings. The van der Waals surface area contributed by atoms with Crippen molar-refractivity contribution in [2.24, 2.45) is 0 Å². The third-order valence-electron chi connectivity index (χ3n) is 1.02. The number of aromatic carboxylic acids is 1. The zero-order chi connectivity index (χ0) is 8.43. The number of pyridine rings is 1. The van der Waals surface area contributed by atoms with Gasteiger partial charge in [0.2, 0.25) is 0 Å². The van der Waals surface area contributed by atoms with E-state index >= 15 is 0 Å². The number of rotatable bonds is 1. The van der Waals surface area contributed by atoms with E-state index in [4.69, 9.17) is 5.11 Å². The monoisotopic (exact) mass is 219 g/mol. The molecule has 58 valence electrons. The normalized spacial score (nSPS) is 9.64. The number of aromatic nitrogens is 1. The second kappa shape index (κ2) is 2.96. The number of carbonyl (C=O) groups is 1. The van der Waals surface area contributed by atoms with Crippen LogP contribution < -0.4 is 0 Å². The van der Waals surface area contributed by atoms with Crippen molar-refractivity contribution in [3.63, 3.8) is 0 Å². The molecule has 1 aromatic rings. The van der Waals surface area contributed by atoms with Crippen molar-refractivity contribution >= 4 is 21.9 Å². The molecule has 0 amide bonds. The van der Waals surface area contributed by atoms with Crippen molar-refractivity contribution < 1.29 is 14.3 Å². The van der Waals surface area contributed by atoms with Crippen molar-refractivity contribution in [1.82, 2.24) is 4.98 Å². The Balaban J connectivity index is 3.15. The highest BCUT2D eigenvalue weighted by Gasteiger charge is 2.07. The lowest BCUT2D eigenvalue weighted by molar-refractivity contribution is 0.0690. The van der Waals surface area contributed by atoms with E-state index in [2.05, 4.69) is 20.9 Å². The lowest BCUT2D eigenvalue weighted by Gasteiger charge is -1.94. The summed E-state index contributed by atoms with van der Waals surface area (Å²) in [6.45, 7) is 0. The molecule has 1 heterocycles. The third-order valence-corrected chi connectivity index (χ3v) is 1.58. The first kappa shape index (κ1) is 8.13. The first-order valence-corrected chi connectivity index (χ1v) is 3.46. The minimum Gasteiger partial charge on any atom is -0.477 e. The maximum atomic E-state index is 12.5. The van der Waals surface area contributed by atoms with Gasteiger partial charge in [-0.1, -0.05) is 0 Å². The van der Waals surface area contributed by atoms with Gasteiger partial charge in [-0.2, -0.15) is 0 Å². The Morgan fingerprint density at radius 1 is 1.64 bits per heavy atom. The van der Waals surface area contributed by atoms with Gasteiger partial charge in [-0.15, -0.1) is 0 Å². The summed E-state index contributed by atoms with van der Waals surface area (Å²) >= 11 is 2.76. The molecule has 0 unspecified atom stereocenters. The van der Waals surface area contributed by atoms with Crippen molar-refractivity contribution in [2.75, 3.05) is 0 Å². The number of hydrogen-bond acceptors (Lipinski definition) is 2. The molecule has 3 nitrogen and oxygen atoms in total. The van der Waals surface area contributed by atoms with Crippen molar-refractivity contribution in [3.05, 3.63) is 28.2 Å². The fourth-order valence-corrected chi connectivity index (χ4v) is 0.860. The van der Waals surface area contributed by atoms with Crippen LogP contribution in [-0.2, 0) is 0 Å². The molecule has 0 saturated carbocycles. The summed E-state index contributed by atoms with van der Waals surface area (Å²) in [6.07, 6.45) is 0. The summed E-state index contributed by atoms with van der Waals surface area (Å²) in [5.41, 5.74) is -0.182. The number of carboxylic acids is 1. The molecule has 0 saturated heterocycles. The molecular formula is C6H3BrFNO2. The van der Waals surface area contributed by atoms with E-state index in [9.17, 15) is 9.18 Å². The molecule has 1 rings (SSSR count). The Hall–Kier alpha value is -0.970. The number of halogens is 2. The molecule has 0 atom stereocenters. The van der Waals surface area contributed by atoms with Crippen LogP contribution in [0.2, 0.25) is 0 Å². The highest BCUT2D eigenvalue weighted by Crippen LogP contribution is 2.11. The molecule has 0 aliphatic rings. The molecule has 1 N–H and O–H groups in total. The van der Waals surface area contributed by atoms with E-state index in [1.54, 1.807) is 0 Å². The van der Waals surface area contributed by atoms with Crippen LogP contribution in [0.4, 0.5) is 4.39 Å². The average molecular weight is 220 g/mol. The van der Waals surface area contributed by atoms with Crippen molar-refractivity contribution in [2.45, 2.75) is 0 Å². The average Bonchev–Trinajstić information content (AvgIpc) is 1.94. The zero-order valence-corrected chi connectivity index (χ0v) is 6.80. The first-order valence-electron chi connectivity index (χ1n) is 2.66. The minimum atomic E-state index is -1.18. The van der Waals surface area contributed by atoms with E-state index in [1.165, 1.54) is 0 Å². The van der Waals surface area contributed by atoms with Crippen LogP contribution >= 0.6 is 15.9 Å². The largest absolute Gasteiger partial charge is 0.477 e. The second-order valence-corrected chi connectivity index (χ2v) is 2.53. The van der Waals surface area contributed by atoms with Gasteiger partial charge in [0.15, 0.2) is 5.82 Å². The Morgan fingerprint density at radius 3 is 2.73 bits per heavy atom. The minimum absolute atomic E-state index is 0.0857. The number of hydrogen-bond donors (Lipinski definition) is 1. The number of nitrogens with zero attached hydrogens (tertiary/aromatic N) is 1. The smallest absolute Gasteiger partial charge is 0.354 e. The fourth-order valence-electron chi connectivity index (χ4n) is 0.536. The summed E-state index contributed by atoms with van der Waals surface area (Å²) < 4.78 is 12.4. The lowest BCUT2D eigenvalue weighted by atomic mass is 10.3. The van der Waals surface area contributed by atoms with Gasteiger partial charge in [0.25, 0.3) is 0 Å². The molecule has 0 radical (unpaired) electrons. The lowest BCUT2D eigenvalue weighted by Crippen LogP contribution is -2.00. The first-order chi connectivity index (χ1) is 5.11. The van der Waals surface area contributed by atoms with E-state index in [1.807, 2.05) is 0 Å². The SMILES string of the molecule is O=C(O)c1ccc(F)c(Br)n1. The van der Waals surface area contributed by atoms with Crippen LogP contribution in [0.25, 0.3) is 0 Å². The van der Waals surface area contributed by atoms with Gasteiger partial charge < -0.3 is 5.11 Å². The molecule has 1 aromatic heterocycles. The van der Waals surface area contributed by atoms with Gasteiger partial charge in [0.1, 0.15) is 10.3 Å². The second-order valence-electron chi connectivity index (χ2n) is 1.77. The van der Waals surface area contributed by atoms with Crippen molar-refractivity contribution in [1.29, 1.82) is 0 Å².